The predicted octanol–water partition coefficient (Wildman–Crippen LogP) is 1.90. The Bertz CT molecular complexity index is 382. The first-order chi connectivity index (χ1) is 7.04. The monoisotopic (exact) mass is 227 g/mol. The summed E-state index contributed by atoms with van der Waals surface area (Å²) in [5.74, 6) is 0.474. The first kappa shape index (κ1) is 12.2. The van der Waals surface area contributed by atoms with E-state index in [9.17, 15) is 4.79 Å². The van der Waals surface area contributed by atoms with Crippen molar-refractivity contribution in [3.8, 4) is 0 Å². The van der Waals surface area contributed by atoms with E-state index in [2.05, 4.69) is 12.6 Å². The van der Waals surface area contributed by atoms with Crippen LogP contribution in [0.25, 0.3) is 0 Å². The third-order valence-electron chi connectivity index (χ3n) is 2.86. The molecular weight excluding hydrogens is 210 g/mol. The van der Waals surface area contributed by atoms with Gasteiger partial charge in [0.2, 0.25) is 0 Å². The summed E-state index contributed by atoms with van der Waals surface area (Å²) >= 11 is 4.21. The summed E-state index contributed by atoms with van der Waals surface area (Å²) in [4.78, 5) is 11.6. The molecule has 84 valence electrons. The second-order valence-electron chi connectivity index (χ2n) is 3.55. The zero-order valence-corrected chi connectivity index (χ0v) is 10.5. The summed E-state index contributed by atoms with van der Waals surface area (Å²) in [5.41, 5.74) is 3.82. The Hall–Kier alpha value is -0.900. The summed E-state index contributed by atoms with van der Waals surface area (Å²) in [7, 11) is 3.37. The molecule has 0 N–H and O–H groups in total. The van der Waals surface area contributed by atoms with E-state index in [1.54, 1.807) is 0 Å². The number of carbonyl (C=O) groups is 1. The van der Waals surface area contributed by atoms with E-state index >= 15 is 0 Å². The molecule has 0 spiro atoms. The highest BCUT2D eigenvalue weighted by Crippen LogP contribution is 2.22. The van der Waals surface area contributed by atoms with Gasteiger partial charge in [-0.1, -0.05) is 0 Å². The fourth-order valence-corrected chi connectivity index (χ4v) is 2.04. The molecule has 0 aliphatic carbocycles. The van der Waals surface area contributed by atoms with Crippen molar-refractivity contribution in [2.24, 2.45) is 7.05 Å². The van der Waals surface area contributed by atoms with Gasteiger partial charge in [0.15, 0.2) is 0 Å². The first-order valence-electron chi connectivity index (χ1n) is 4.88. The minimum Gasteiger partial charge on any atom is -0.465 e. The normalized spacial score (nSPS) is 10.5. The van der Waals surface area contributed by atoms with E-state index in [-0.39, 0.29) is 5.97 Å². The van der Waals surface area contributed by atoms with Gasteiger partial charge in [0.05, 0.1) is 12.7 Å². The highest BCUT2D eigenvalue weighted by atomic mass is 32.1. The lowest BCUT2D eigenvalue weighted by molar-refractivity contribution is 0.0598. The Morgan fingerprint density at radius 2 is 2.00 bits per heavy atom. The van der Waals surface area contributed by atoms with Gasteiger partial charge < -0.3 is 9.30 Å². The molecule has 0 unspecified atom stereocenters. The van der Waals surface area contributed by atoms with Crippen LogP contribution in [0.3, 0.4) is 0 Å². The van der Waals surface area contributed by atoms with E-state index < -0.39 is 0 Å². The van der Waals surface area contributed by atoms with Crippen molar-refractivity contribution < 1.29 is 9.53 Å². The van der Waals surface area contributed by atoms with Crippen molar-refractivity contribution in [1.29, 1.82) is 0 Å². The molecule has 1 aromatic rings. The molecule has 1 heterocycles. The van der Waals surface area contributed by atoms with E-state index in [0.29, 0.717) is 5.56 Å². The van der Waals surface area contributed by atoms with Crippen LogP contribution in [-0.4, -0.2) is 23.4 Å². The van der Waals surface area contributed by atoms with Crippen molar-refractivity contribution >= 4 is 18.6 Å². The van der Waals surface area contributed by atoms with E-state index in [1.807, 2.05) is 25.5 Å². The van der Waals surface area contributed by atoms with Crippen molar-refractivity contribution in [2.75, 3.05) is 12.9 Å². The molecule has 4 heteroatoms. The summed E-state index contributed by atoms with van der Waals surface area (Å²) in [6.45, 7) is 3.94. The van der Waals surface area contributed by atoms with Gasteiger partial charge in [-0.05, 0) is 31.6 Å². The van der Waals surface area contributed by atoms with Crippen LogP contribution < -0.4 is 0 Å². The van der Waals surface area contributed by atoms with Gasteiger partial charge in [0.25, 0.3) is 0 Å². The van der Waals surface area contributed by atoms with Crippen LogP contribution in [0.4, 0.5) is 0 Å². The topological polar surface area (TPSA) is 31.2 Å². The standard InChI is InChI=1S/C11H17NO2S/c1-7-9(5-6-15)10(11(13)14-4)8(2)12(7)3/h15H,5-6H2,1-4H3. The van der Waals surface area contributed by atoms with Gasteiger partial charge >= 0.3 is 5.97 Å². The predicted molar refractivity (Wildman–Crippen MR) is 63.8 cm³/mol. The van der Waals surface area contributed by atoms with E-state index in [0.717, 1.165) is 29.1 Å². The maximum Gasteiger partial charge on any atom is 0.339 e. The summed E-state index contributed by atoms with van der Waals surface area (Å²) in [6, 6.07) is 0. The Balaban J connectivity index is 3.33. The van der Waals surface area contributed by atoms with Crippen LogP contribution in [0.1, 0.15) is 27.3 Å². The third-order valence-corrected chi connectivity index (χ3v) is 3.08. The lowest BCUT2D eigenvalue weighted by Crippen LogP contribution is -2.06. The smallest absolute Gasteiger partial charge is 0.339 e. The minimum absolute atomic E-state index is 0.256. The van der Waals surface area contributed by atoms with Crippen molar-refractivity contribution in [3.05, 3.63) is 22.5 Å². The number of ether oxygens (including phenoxy) is 1. The quantitative estimate of drug-likeness (QED) is 0.631. The molecule has 1 rings (SSSR count). The molecule has 15 heavy (non-hydrogen) atoms. The number of thiol groups is 1. The zero-order valence-electron chi connectivity index (χ0n) is 9.63. The third kappa shape index (κ3) is 2.04. The largest absolute Gasteiger partial charge is 0.465 e. The molecule has 3 nitrogen and oxygen atoms in total. The van der Waals surface area contributed by atoms with E-state index in [4.69, 9.17) is 4.74 Å². The molecule has 0 radical (unpaired) electrons. The molecular formula is C11H17NO2S. The number of carbonyl (C=O) groups excluding carboxylic acids is 1. The number of aromatic nitrogens is 1. The molecule has 0 aliphatic heterocycles. The maximum absolute atomic E-state index is 11.6. The first-order valence-corrected chi connectivity index (χ1v) is 5.51. The van der Waals surface area contributed by atoms with Gasteiger partial charge in [-0.15, -0.1) is 0 Å². The molecule has 0 aromatic carbocycles. The van der Waals surface area contributed by atoms with Gasteiger partial charge in [-0.2, -0.15) is 12.6 Å². The van der Waals surface area contributed by atoms with Crippen LogP contribution in [0.2, 0.25) is 0 Å². The van der Waals surface area contributed by atoms with Gasteiger partial charge in [-0.3, -0.25) is 0 Å². The Morgan fingerprint density at radius 1 is 1.40 bits per heavy atom. The molecule has 0 fully saturated rings. The average molecular weight is 227 g/mol. The van der Waals surface area contributed by atoms with Crippen LogP contribution in [-0.2, 0) is 18.2 Å². The number of rotatable bonds is 3. The Labute approximate surface area is 95.8 Å². The van der Waals surface area contributed by atoms with Gasteiger partial charge in [-0.25, -0.2) is 4.79 Å². The summed E-state index contributed by atoms with van der Waals surface area (Å²) < 4.78 is 6.81. The molecule has 0 amide bonds. The van der Waals surface area contributed by atoms with Crippen LogP contribution in [0.5, 0.6) is 0 Å². The van der Waals surface area contributed by atoms with E-state index in [1.165, 1.54) is 7.11 Å². The Morgan fingerprint density at radius 3 is 2.47 bits per heavy atom. The fourth-order valence-electron chi connectivity index (χ4n) is 1.81. The number of hydrogen-bond donors (Lipinski definition) is 1. The molecule has 0 saturated carbocycles. The maximum atomic E-state index is 11.6. The Kier molecular flexibility index (Phi) is 3.85. The van der Waals surface area contributed by atoms with Crippen LogP contribution >= 0.6 is 12.6 Å². The average Bonchev–Trinajstić information content (AvgIpc) is 2.44. The van der Waals surface area contributed by atoms with Crippen LogP contribution in [0.15, 0.2) is 0 Å². The fraction of sp³-hybridized carbons (Fsp3) is 0.545. The molecule has 0 aliphatic rings. The lowest BCUT2D eigenvalue weighted by atomic mass is 10.1. The SMILES string of the molecule is COC(=O)c1c(CCS)c(C)n(C)c1C. The number of esters is 1. The molecule has 0 bridgehead atoms. The highest BCUT2D eigenvalue weighted by Gasteiger charge is 2.21. The van der Waals surface area contributed by atoms with Crippen molar-refractivity contribution in [1.82, 2.24) is 4.57 Å². The second-order valence-corrected chi connectivity index (χ2v) is 4.00. The number of methoxy groups -OCH3 is 1. The molecule has 0 atom stereocenters. The summed E-state index contributed by atoms with van der Waals surface area (Å²) in [5, 5.41) is 0. The zero-order chi connectivity index (χ0) is 11.6. The van der Waals surface area contributed by atoms with Crippen molar-refractivity contribution in [3.63, 3.8) is 0 Å². The van der Waals surface area contributed by atoms with Gasteiger partial charge in [0.1, 0.15) is 0 Å². The number of hydrogen-bond acceptors (Lipinski definition) is 3. The second kappa shape index (κ2) is 4.75. The lowest BCUT2D eigenvalue weighted by Gasteiger charge is -2.02. The highest BCUT2D eigenvalue weighted by molar-refractivity contribution is 7.80. The minimum atomic E-state index is -0.256. The number of nitrogens with zero attached hydrogens (tertiary/aromatic N) is 1. The molecule has 0 saturated heterocycles. The van der Waals surface area contributed by atoms with Crippen molar-refractivity contribution in [2.45, 2.75) is 20.3 Å². The summed E-state index contributed by atoms with van der Waals surface area (Å²) in [6.07, 6.45) is 0.793. The van der Waals surface area contributed by atoms with Crippen LogP contribution in [0, 0.1) is 13.8 Å². The molecule has 1 aromatic heterocycles. The van der Waals surface area contributed by atoms with Gasteiger partial charge in [0, 0.05) is 18.4 Å².